The van der Waals surface area contributed by atoms with Gasteiger partial charge in [-0.15, -0.1) is 0 Å². The third-order valence-corrected chi connectivity index (χ3v) is 2.56. The molecule has 0 aromatic carbocycles. The molecule has 0 saturated heterocycles. The van der Waals surface area contributed by atoms with E-state index in [0.717, 1.165) is 0 Å². The summed E-state index contributed by atoms with van der Waals surface area (Å²) < 4.78 is 5.01. The Morgan fingerprint density at radius 1 is 1.56 bits per heavy atom. The van der Waals surface area contributed by atoms with Crippen LogP contribution in [0.1, 0.15) is 29.7 Å². The van der Waals surface area contributed by atoms with Gasteiger partial charge in [0.15, 0.2) is 0 Å². The molecule has 0 amide bonds. The minimum atomic E-state index is -0.357. The molecule has 1 aromatic rings. The van der Waals surface area contributed by atoms with E-state index in [0.29, 0.717) is 29.8 Å². The summed E-state index contributed by atoms with van der Waals surface area (Å²) in [4.78, 5) is 15.3. The number of ether oxygens (including phenoxy) is 1. The molecule has 4 N–H and O–H groups in total. The van der Waals surface area contributed by atoms with E-state index in [9.17, 15) is 15.0 Å². The van der Waals surface area contributed by atoms with Crippen molar-refractivity contribution in [2.24, 2.45) is 5.73 Å². The predicted molar refractivity (Wildman–Crippen MR) is 64.6 cm³/mol. The molecule has 0 spiro atoms. The maximum Gasteiger partial charge on any atom is 0.306 e. The number of carbonyl (C=O) groups excluding carboxylic acids is 1. The number of pyridine rings is 1. The molecule has 100 valence electrons. The lowest BCUT2D eigenvalue weighted by molar-refractivity contribution is -0.145. The summed E-state index contributed by atoms with van der Waals surface area (Å²) in [6, 6.07) is 0. The van der Waals surface area contributed by atoms with Gasteiger partial charge in [0.2, 0.25) is 0 Å². The van der Waals surface area contributed by atoms with Crippen molar-refractivity contribution in [2.45, 2.75) is 33.0 Å². The second kappa shape index (κ2) is 6.93. The van der Waals surface area contributed by atoms with Crippen LogP contribution < -0.4 is 5.73 Å². The maximum atomic E-state index is 11.3. The molecular formula is C12H18N2O4. The van der Waals surface area contributed by atoms with Gasteiger partial charge in [0.25, 0.3) is 0 Å². The van der Waals surface area contributed by atoms with Gasteiger partial charge < -0.3 is 20.7 Å². The van der Waals surface area contributed by atoms with Crippen LogP contribution in [0.25, 0.3) is 0 Å². The first-order chi connectivity index (χ1) is 8.60. The van der Waals surface area contributed by atoms with Crippen molar-refractivity contribution in [3.63, 3.8) is 0 Å². The lowest BCUT2D eigenvalue weighted by Crippen LogP contribution is -2.09. The van der Waals surface area contributed by atoms with E-state index in [1.807, 2.05) is 0 Å². The van der Waals surface area contributed by atoms with Crippen LogP contribution >= 0.6 is 0 Å². The van der Waals surface area contributed by atoms with Gasteiger partial charge in [0.1, 0.15) is 12.4 Å². The Balaban J connectivity index is 2.67. The smallest absolute Gasteiger partial charge is 0.306 e. The van der Waals surface area contributed by atoms with E-state index in [4.69, 9.17) is 10.5 Å². The predicted octanol–water partition coefficient (Wildman–Crippen LogP) is 0.370. The number of hydrogen-bond acceptors (Lipinski definition) is 6. The molecule has 1 heterocycles. The number of rotatable bonds is 6. The largest absolute Gasteiger partial charge is 0.506 e. The highest BCUT2D eigenvalue weighted by Crippen LogP contribution is 2.24. The van der Waals surface area contributed by atoms with Crippen LogP contribution in [0.15, 0.2) is 6.20 Å². The standard InChI is InChI=1S/C12H18N2O4/c1-8-12(17)10(6-15)9(5-14-8)7-18-11(16)3-2-4-13/h5,15,17H,2-4,6-7,13H2,1H3. The van der Waals surface area contributed by atoms with Crippen LogP contribution in [0.2, 0.25) is 0 Å². The van der Waals surface area contributed by atoms with Crippen LogP contribution in [-0.2, 0) is 22.7 Å². The van der Waals surface area contributed by atoms with E-state index in [1.54, 1.807) is 6.92 Å². The van der Waals surface area contributed by atoms with E-state index in [2.05, 4.69) is 4.98 Å². The zero-order valence-electron chi connectivity index (χ0n) is 10.3. The summed E-state index contributed by atoms with van der Waals surface area (Å²) in [7, 11) is 0. The number of carbonyl (C=O) groups is 1. The van der Waals surface area contributed by atoms with Gasteiger partial charge in [-0.2, -0.15) is 0 Å². The minimum absolute atomic E-state index is 0.0138. The second-order valence-corrected chi connectivity index (χ2v) is 3.91. The fraction of sp³-hybridized carbons (Fsp3) is 0.500. The van der Waals surface area contributed by atoms with Crippen molar-refractivity contribution in [2.75, 3.05) is 6.54 Å². The molecule has 1 aromatic heterocycles. The third-order valence-electron chi connectivity index (χ3n) is 2.56. The molecule has 1 rings (SSSR count). The van der Waals surface area contributed by atoms with Crippen molar-refractivity contribution in [3.8, 4) is 5.75 Å². The topological polar surface area (TPSA) is 106 Å². The van der Waals surface area contributed by atoms with E-state index >= 15 is 0 Å². The van der Waals surface area contributed by atoms with Crippen LogP contribution in [0.4, 0.5) is 0 Å². The van der Waals surface area contributed by atoms with Gasteiger partial charge in [-0.25, -0.2) is 0 Å². The zero-order valence-corrected chi connectivity index (χ0v) is 10.3. The molecule has 18 heavy (non-hydrogen) atoms. The highest BCUT2D eigenvalue weighted by Gasteiger charge is 2.12. The Morgan fingerprint density at radius 2 is 2.28 bits per heavy atom. The van der Waals surface area contributed by atoms with Crippen molar-refractivity contribution >= 4 is 5.97 Å². The first kappa shape index (κ1) is 14.4. The van der Waals surface area contributed by atoms with Crippen LogP contribution in [0, 0.1) is 6.92 Å². The third kappa shape index (κ3) is 3.68. The number of hydrogen-bond donors (Lipinski definition) is 3. The number of aliphatic hydroxyl groups excluding tert-OH is 1. The molecule has 0 radical (unpaired) electrons. The summed E-state index contributed by atoms with van der Waals surface area (Å²) in [5.41, 5.74) is 6.55. The molecule has 6 heteroatoms. The SMILES string of the molecule is Cc1ncc(COC(=O)CCCN)c(CO)c1O. The average molecular weight is 254 g/mol. The molecule has 6 nitrogen and oxygen atoms in total. The fourth-order valence-electron chi connectivity index (χ4n) is 1.46. The van der Waals surface area contributed by atoms with Crippen molar-refractivity contribution in [1.29, 1.82) is 0 Å². The highest BCUT2D eigenvalue weighted by atomic mass is 16.5. The van der Waals surface area contributed by atoms with Gasteiger partial charge in [-0.1, -0.05) is 0 Å². The summed E-state index contributed by atoms with van der Waals surface area (Å²) in [5.74, 6) is -0.419. The van der Waals surface area contributed by atoms with Crippen molar-refractivity contribution in [1.82, 2.24) is 4.98 Å². The van der Waals surface area contributed by atoms with Crippen molar-refractivity contribution in [3.05, 3.63) is 23.0 Å². The van der Waals surface area contributed by atoms with E-state index in [1.165, 1.54) is 6.20 Å². The average Bonchev–Trinajstić information content (AvgIpc) is 2.37. The monoisotopic (exact) mass is 254 g/mol. The first-order valence-corrected chi connectivity index (χ1v) is 5.73. The van der Waals surface area contributed by atoms with E-state index < -0.39 is 0 Å². The Labute approximate surface area is 105 Å². The second-order valence-electron chi connectivity index (χ2n) is 3.91. The Kier molecular flexibility index (Phi) is 5.54. The van der Waals surface area contributed by atoms with Gasteiger partial charge in [-0.05, 0) is 19.9 Å². The van der Waals surface area contributed by atoms with Gasteiger partial charge >= 0.3 is 5.97 Å². The van der Waals surface area contributed by atoms with Gasteiger partial charge in [-0.3, -0.25) is 9.78 Å². The summed E-state index contributed by atoms with van der Waals surface area (Å²) in [6.07, 6.45) is 2.32. The number of nitrogens with zero attached hydrogens (tertiary/aromatic N) is 1. The summed E-state index contributed by atoms with van der Waals surface area (Å²) in [5, 5.41) is 18.9. The van der Waals surface area contributed by atoms with Crippen molar-refractivity contribution < 1.29 is 19.7 Å². The molecular weight excluding hydrogens is 236 g/mol. The Bertz CT molecular complexity index is 421. The number of aryl methyl sites for hydroxylation is 1. The van der Waals surface area contributed by atoms with Crippen LogP contribution in [-0.4, -0.2) is 27.7 Å². The molecule has 0 unspecified atom stereocenters. The lowest BCUT2D eigenvalue weighted by Gasteiger charge is -2.11. The number of aromatic nitrogens is 1. The molecule has 0 atom stereocenters. The van der Waals surface area contributed by atoms with Gasteiger partial charge in [0, 0.05) is 23.7 Å². The van der Waals surface area contributed by atoms with Crippen LogP contribution in [0.3, 0.4) is 0 Å². The quantitative estimate of drug-likeness (QED) is 0.633. The Hall–Kier alpha value is -1.66. The number of aliphatic hydroxyl groups is 1. The fourth-order valence-corrected chi connectivity index (χ4v) is 1.46. The normalized spacial score (nSPS) is 10.4. The number of esters is 1. The molecule has 0 fully saturated rings. The Morgan fingerprint density at radius 3 is 2.89 bits per heavy atom. The zero-order chi connectivity index (χ0) is 13.5. The molecule has 0 saturated carbocycles. The molecule has 0 aliphatic rings. The molecule has 0 aliphatic carbocycles. The summed E-state index contributed by atoms with van der Waals surface area (Å²) >= 11 is 0. The molecule has 0 bridgehead atoms. The van der Waals surface area contributed by atoms with Gasteiger partial charge in [0.05, 0.1) is 12.3 Å². The number of aromatic hydroxyl groups is 1. The maximum absolute atomic E-state index is 11.3. The lowest BCUT2D eigenvalue weighted by atomic mass is 10.1. The number of nitrogens with two attached hydrogens (primary N) is 1. The first-order valence-electron chi connectivity index (χ1n) is 5.73. The van der Waals surface area contributed by atoms with Crippen LogP contribution in [0.5, 0.6) is 5.75 Å². The highest BCUT2D eigenvalue weighted by molar-refractivity contribution is 5.69. The summed E-state index contributed by atoms with van der Waals surface area (Å²) in [6.45, 7) is 1.72. The van der Waals surface area contributed by atoms with E-state index in [-0.39, 0.29) is 31.4 Å². The molecule has 0 aliphatic heterocycles. The minimum Gasteiger partial charge on any atom is -0.506 e.